The lowest BCUT2D eigenvalue weighted by Crippen LogP contribution is -2.14. The number of thiophene rings is 3. The van der Waals surface area contributed by atoms with E-state index in [1.54, 1.807) is 46.1 Å². The Morgan fingerprint density at radius 3 is 1.49 bits per heavy atom. The molecule has 8 rings (SSSR count). The summed E-state index contributed by atoms with van der Waals surface area (Å²) >= 11 is 5.28. The number of benzene rings is 4. The Kier molecular flexibility index (Phi) is 14.8. The Morgan fingerprint density at radius 2 is 0.967 bits per heavy atom. The number of hydrogen-bond acceptors (Lipinski definition) is 10. The molecule has 312 valence electrons. The van der Waals surface area contributed by atoms with Crippen LogP contribution in [0.25, 0.3) is 36.2 Å². The number of phenolic OH excluding ortho intramolecular Hbond substituents is 2. The lowest BCUT2D eigenvalue weighted by atomic mass is 10.0. The van der Waals surface area contributed by atoms with E-state index < -0.39 is 0 Å². The number of ether oxygens (including phenoxy) is 5. The molecule has 7 nitrogen and oxygen atoms in total. The van der Waals surface area contributed by atoms with Gasteiger partial charge in [0.05, 0.1) is 39.6 Å². The fourth-order valence-corrected chi connectivity index (χ4v) is 9.93. The van der Waals surface area contributed by atoms with Gasteiger partial charge in [0.15, 0.2) is 0 Å². The lowest BCUT2D eigenvalue weighted by Gasteiger charge is -2.14. The lowest BCUT2D eigenvalue weighted by molar-refractivity contribution is 0.00492. The van der Waals surface area contributed by atoms with E-state index in [9.17, 15) is 10.2 Å². The highest BCUT2D eigenvalue weighted by Gasteiger charge is 2.14. The normalized spacial score (nSPS) is 12.2. The minimum absolute atomic E-state index is 0.270. The third-order valence-corrected chi connectivity index (χ3v) is 13.6. The molecule has 1 aliphatic carbocycles. The summed E-state index contributed by atoms with van der Waals surface area (Å²) in [6.07, 6.45) is 8.53. The molecule has 1 aliphatic rings. The smallest absolute Gasteiger partial charge is 0.122 e. The molecular formula is C51H48O7S3. The predicted octanol–water partition coefficient (Wildman–Crippen LogP) is 12.3. The maximum Gasteiger partial charge on any atom is 0.122 e. The molecule has 0 atom stereocenters. The van der Waals surface area contributed by atoms with Crippen LogP contribution in [0.1, 0.15) is 33.6 Å². The molecule has 0 amide bonds. The first kappa shape index (κ1) is 42.2. The summed E-state index contributed by atoms with van der Waals surface area (Å²) in [5.41, 5.74) is 7.23. The van der Waals surface area contributed by atoms with Crippen molar-refractivity contribution < 1.29 is 33.9 Å². The van der Waals surface area contributed by atoms with E-state index >= 15 is 0 Å². The maximum absolute atomic E-state index is 10.7. The van der Waals surface area contributed by atoms with E-state index in [2.05, 4.69) is 72.1 Å². The van der Waals surface area contributed by atoms with Gasteiger partial charge in [-0.05, 0) is 130 Å². The Bertz CT molecular complexity index is 2550. The molecule has 0 radical (unpaired) electrons. The van der Waals surface area contributed by atoms with Gasteiger partial charge in [-0.25, -0.2) is 0 Å². The molecule has 2 N–H and O–H groups in total. The molecule has 0 unspecified atom stereocenters. The van der Waals surface area contributed by atoms with E-state index in [4.69, 9.17) is 23.7 Å². The molecule has 4 aromatic carbocycles. The third-order valence-electron chi connectivity index (χ3n) is 10.2. The van der Waals surface area contributed by atoms with Crippen molar-refractivity contribution >= 4 is 39.6 Å². The van der Waals surface area contributed by atoms with Gasteiger partial charge >= 0.3 is 0 Å². The molecule has 0 bridgehead atoms. The quantitative estimate of drug-likeness (QED) is 0.0656. The molecule has 0 saturated heterocycles. The number of aromatic hydroxyl groups is 2. The van der Waals surface area contributed by atoms with Crippen molar-refractivity contribution in [1.29, 1.82) is 0 Å². The second kappa shape index (κ2) is 21.4. The van der Waals surface area contributed by atoms with Gasteiger partial charge in [-0.15, -0.1) is 34.0 Å². The minimum atomic E-state index is 0.270. The van der Waals surface area contributed by atoms with Crippen LogP contribution in [-0.4, -0.2) is 63.1 Å². The number of rotatable bonds is 22. The Morgan fingerprint density at radius 1 is 0.459 bits per heavy atom. The molecule has 10 heteroatoms. The second-order valence-corrected chi connectivity index (χ2v) is 17.5. The summed E-state index contributed by atoms with van der Waals surface area (Å²) < 4.78 is 29.5. The largest absolute Gasteiger partial charge is 0.508 e. The van der Waals surface area contributed by atoms with Crippen LogP contribution in [0.2, 0.25) is 0 Å². The van der Waals surface area contributed by atoms with E-state index in [0.29, 0.717) is 65.7 Å². The fourth-order valence-electron chi connectivity index (χ4n) is 7.06. The number of para-hydroxylation sites is 2. The zero-order valence-electron chi connectivity index (χ0n) is 33.8. The van der Waals surface area contributed by atoms with Gasteiger partial charge in [-0.2, -0.15) is 0 Å². The van der Waals surface area contributed by atoms with Gasteiger partial charge in [-0.1, -0.05) is 60.7 Å². The fraction of sp³-hybridized carbons (Fsp3) is 0.216. The van der Waals surface area contributed by atoms with E-state index in [-0.39, 0.29) is 11.5 Å². The van der Waals surface area contributed by atoms with Gasteiger partial charge in [-0.3, -0.25) is 0 Å². The summed E-state index contributed by atoms with van der Waals surface area (Å²) in [5, 5.41) is 23.6. The van der Waals surface area contributed by atoms with Crippen LogP contribution in [0.4, 0.5) is 0 Å². The van der Waals surface area contributed by atoms with Crippen molar-refractivity contribution in [3.63, 3.8) is 0 Å². The van der Waals surface area contributed by atoms with Gasteiger partial charge < -0.3 is 33.9 Å². The first-order valence-electron chi connectivity index (χ1n) is 20.5. The van der Waals surface area contributed by atoms with Crippen LogP contribution in [0, 0.1) is 0 Å². The summed E-state index contributed by atoms with van der Waals surface area (Å²) in [6.45, 7) is 3.46. The summed E-state index contributed by atoms with van der Waals surface area (Å²) in [5.74, 6) is 2.09. The van der Waals surface area contributed by atoms with E-state index in [1.165, 1.54) is 30.0 Å². The highest BCUT2D eigenvalue weighted by molar-refractivity contribution is 7.23. The predicted molar refractivity (Wildman–Crippen MR) is 250 cm³/mol. The summed E-state index contributed by atoms with van der Waals surface area (Å²) in [7, 11) is 0. The van der Waals surface area contributed by atoms with Crippen molar-refractivity contribution in [3.8, 4) is 53.6 Å². The van der Waals surface area contributed by atoms with E-state index in [1.807, 2.05) is 60.7 Å². The van der Waals surface area contributed by atoms with Crippen LogP contribution in [0.15, 0.2) is 145 Å². The Hall–Kier alpha value is -5.46. The SMILES string of the molecule is Oc1ccc(-c2ccc(C3=CC=CC3)s2)cc1Cc1ccccc1OCCOCCOCCOCCOc1ccccc1Cc1cc(-c2ccc(-c3cccs3)s2)ccc1O. The maximum atomic E-state index is 10.7. The Labute approximate surface area is 369 Å². The van der Waals surface area contributed by atoms with Crippen molar-refractivity contribution in [3.05, 3.63) is 172 Å². The van der Waals surface area contributed by atoms with Gasteiger partial charge in [0.25, 0.3) is 0 Å². The molecule has 0 saturated carbocycles. The molecule has 7 aromatic rings. The van der Waals surface area contributed by atoms with Crippen molar-refractivity contribution in [2.24, 2.45) is 0 Å². The molecule has 0 aliphatic heterocycles. The summed E-state index contributed by atoms with van der Waals surface area (Å²) in [4.78, 5) is 6.14. The average molecular weight is 869 g/mol. The van der Waals surface area contributed by atoms with Crippen LogP contribution in [0.5, 0.6) is 23.0 Å². The average Bonchev–Trinajstić information content (AvgIpc) is 4.14. The van der Waals surface area contributed by atoms with Crippen LogP contribution in [0.3, 0.4) is 0 Å². The number of hydrogen-bond donors (Lipinski definition) is 2. The van der Waals surface area contributed by atoms with Gasteiger partial charge in [0, 0.05) is 37.2 Å². The highest BCUT2D eigenvalue weighted by atomic mass is 32.1. The number of phenols is 2. The van der Waals surface area contributed by atoms with Crippen molar-refractivity contribution in [1.82, 2.24) is 0 Å². The second-order valence-electron chi connectivity index (χ2n) is 14.4. The first-order valence-corrected chi connectivity index (χ1v) is 23.0. The van der Waals surface area contributed by atoms with Crippen LogP contribution in [-0.2, 0) is 27.1 Å². The summed E-state index contributed by atoms with van der Waals surface area (Å²) in [6, 6.07) is 40.4. The van der Waals surface area contributed by atoms with Crippen LogP contribution < -0.4 is 9.47 Å². The minimum Gasteiger partial charge on any atom is -0.508 e. The van der Waals surface area contributed by atoms with Crippen LogP contribution >= 0.6 is 34.0 Å². The topological polar surface area (TPSA) is 86.6 Å². The Balaban J connectivity index is 0.705. The van der Waals surface area contributed by atoms with Gasteiger partial charge in [0.1, 0.15) is 36.2 Å². The zero-order valence-corrected chi connectivity index (χ0v) is 36.2. The molecule has 61 heavy (non-hydrogen) atoms. The molecule has 3 aromatic heterocycles. The number of allylic oxidation sites excluding steroid dienone is 4. The zero-order chi connectivity index (χ0) is 41.6. The van der Waals surface area contributed by atoms with E-state index in [0.717, 1.165) is 51.3 Å². The monoisotopic (exact) mass is 868 g/mol. The van der Waals surface area contributed by atoms with Gasteiger partial charge in [0.2, 0.25) is 0 Å². The highest BCUT2D eigenvalue weighted by Crippen LogP contribution is 2.39. The molecular weight excluding hydrogens is 821 g/mol. The van der Waals surface area contributed by atoms with Crippen molar-refractivity contribution in [2.45, 2.75) is 19.3 Å². The molecule has 0 spiro atoms. The molecule has 3 heterocycles. The first-order chi connectivity index (χ1) is 30.1. The third kappa shape index (κ3) is 11.5. The standard InChI is InChI=1S/C51H48O7S3/c52-43-17-15-39(48-20-19-47(60-48)36-8-1-2-9-36)34-41(43)32-37-10-3-5-12-45(37)57-29-27-55-25-23-54-24-26-56-28-30-58-46-13-6-4-11-38(46)33-42-35-40(16-18-44(42)53)49-21-22-51(61-49)50-14-7-31-59-50/h1-8,10-22,31,34-35,52-53H,9,23-30,32-33H2. The van der Waals surface area contributed by atoms with Crippen molar-refractivity contribution in [2.75, 3.05) is 52.9 Å². The molecule has 0 fully saturated rings.